The van der Waals surface area contributed by atoms with Crippen molar-refractivity contribution in [2.45, 2.75) is 18.7 Å². The van der Waals surface area contributed by atoms with Crippen LogP contribution in [0.25, 0.3) is 0 Å². The Hall–Kier alpha value is -1.16. The molecule has 5 heteroatoms. The molecule has 0 aromatic heterocycles. The summed E-state index contributed by atoms with van der Waals surface area (Å²) in [6.45, 7) is 2.90. The van der Waals surface area contributed by atoms with E-state index in [-0.39, 0.29) is 16.9 Å². The van der Waals surface area contributed by atoms with E-state index in [0.29, 0.717) is 19.5 Å². The minimum absolute atomic E-state index is 0.0337. The Morgan fingerprint density at radius 1 is 1.44 bits per heavy atom. The van der Waals surface area contributed by atoms with Crippen LogP contribution in [0.2, 0.25) is 0 Å². The summed E-state index contributed by atoms with van der Waals surface area (Å²) in [7, 11) is 0. The van der Waals surface area contributed by atoms with E-state index in [1.54, 1.807) is 0 Å². The second kappa shape index (κ2) is 5.22. The Kier molecular flexibility index (Phi) is 3.85. The van der Waals surface area contributed by atoms with E-state index in [1.807, 2.05) is 6.92 Å². The molecule has 1 fully saturated rings. The third kappa shape index (κ3) is 2.48. The quantitative estimate of drug-likeness (QED) is 0.720. The highest BCUT2D eigenvalue weighted by molar-refractivity contribution is 6.20. The summed E-state index contributed by atoms with van der Waals surface area (Å²) in [6, 6.07) is 3.64. The summed E-state index contributed by atoms with van der Waals surface area (Å²) >= 11 is 6.07. The summed E-state index contributed by atoms with van der Waals surface area (Å²) in [5.74, 6) is -2.40. The van der Waals surface area contributed by atoms with Gasteiger partial charge in [0.25, 0.3) is 5.91 Å². The number of rotatable bonds is 1. The van der Waals surface area contributed by atoms with Gasteiger partial charge in [0.1, 0.15) is 0 Å². The molecule has 0 N–H and O–H groups in total. The molecule has 18 heavy (non-hydrogen) atoms. The van der Waals surface area contributed by atoms with Gasteiger partial charge in [-0.05, 0) is 24.5 Å². The number of amides is 1. The first kappa shape index (κ1) is 13.3. The lowest BCUT2D eigenvalue weighted by Gasteiger charge is -2.34. The number of hydrogen-bond acceptors (Lipinski definition) is 1. The zero-order valence-electron chi connectivity index (χ0n) is 10.00. The number of likely N-dealkylation sites (tertiary alicyclic amines) is 1. The molecule has 1 heterocycles. The zero-order valence-corrected chi connectivity index (χ0v) is 10.8. The van der Waals surface area contributed by atoms with Crippen molar-refractivity contribution < 1.29 is 13.6 Å². The highest BCUT2D eigenvalue weighted by Crippen LogP contribution is 2.24. The van der Waals surface area contributed by atoms with Gasteiger partial charge in [-0.2, -0.15) is 0 Å². The van der Waals surface area contributed by atoms with Gasteiger partial charge in [0, 0.05) is 18.5 Å². The normalized spacial score (nSPS) is 24.1. The number of benzene rings is 1. The Labute approximate surface area is 110 Å². The lowest BCUT2D eigenvalue weighted by atomic mass is 9.99. The van der Waals surface area contributed by atoms with Crippen LogP contribution in [-0.4, -0.2) is 29.3 Å². The highest BCUT2D eigenvalue weighted by atomic mass is 35.5. The van der Waals surface area contributed by atoms with E-state index in [4.69, 9.17) is 11.6 Å². The van der Waals surface area contributed by atoms with E-state index >= 15 is 0 Å². The van der Waals surface area contributed by atoms with Crippen molar-refractivity contribution in [2.75, 3.05) is 13.1 Å². The lowest BCUT2D eigenvalue weighted by Crippen LogP contribution is -2.43. The van der Waals surface area contributed by atoms with Gasteiger partial charge in [-0.15, -0.1) is 11.6 Å². The number of halogens is 3. The number of hydrogen-bond donors (Lipinski definition) is 0. The average molecular weight is 274 g/mol. The summed E-state index contributed by atoms with van der Waals surface area (Å²) in [4.78, 5) is 13.6. The Morgan fingerprint density at radius 3 is 2.83 bits per heavy atom. The van der Waals surface area contributed by atoms with Crippen LogP contribution in [0, 0.1) is 17.6 Å². The molecule has 1 aliphatic rings. The number of alkyl halides is 1. The Morgan fingerprint density at radius 2 is 2.17 bits per heavy atom. The Balaban J connectivity index is 2.19. The van der Waals surface area contributed by atoms with Crippen molar-refractivity contribution in [1.29, 1.82) is 0 Å². The van der Waals surface area contributed by atoms with E-state index < -0.39 is 17.5 Å². The van der Waals surface area contributed by atoms with Crippen LogP contribution in [-0.2, 0) is 0 Å². The molecular formula is C13H14ClF2NO. The SMILES string of the molecule is CC1CN(C(=O)c2cccc(F)c2F)CCC1Cl. The number of carbonyl (C=O) groups excluding carboxylic acids is 1. The summed E-state index contributed by atoms with van der Waals surface area (Å²) < 4.78 is 26.6. The van der Waals surface area contributed by atoms with E-state index in [9.17, 15) is 13.6 Å². The largest absolute Gasteiger partial charge is 0.338 e. The van der Waals surface area contributed by atoms with Crippen molar-refractivity contribution in [3.63, 3.8) is 0 Å². The molecule has 1 aromatic rings. The third-order valence-electron chi connectivity index (χ3n) is 3.27. The molecule has 2 atom stereocenters. The maximum atomic E-state index is 13.5. The lowest BCUT2D eigenvalue weighted by molar-refractivity contribution is 0.0681. The molecular weight excluding hydrogens is 260 g/mol. The molecule has 0 radical (unpaired) electrons. The minimum atomic E-state index is -1.08. The molecule has 2 unspecified atom stereocenters. The topological polar surface area (TPSA) is 20.3 Å². The van der Waals surface area contributed by atoms with Crippen molar-refractivity contribution >= 4 is 17.5 Å². The second-order valence-corrected chi connectivity index (χ2v) is 5.20. The molecule has 98 valence electrons. The summed E-state index contributed by atoms with van der Waals surface area (Å²) in [6.07, 6.45) is 0.672. The van der Waals surface area contributed by atoms with Gasteiger partial charge >= 0.3 is 0 Å². The van der Waals surface area contributed by atoms with Crippen LogP contribution in [0.3, 0.4) is 0 Å². The van der Waals surface area contributed by atoms with Crippen LogP contribution in [0.15, 0.2) is 18.2 Å². The molecule has 1 saturated heterocycles. The van der Waals surface area contributed by atoms with Gasteiger partial charge in [0.2, 0.25) is 0 Å². The highest BCUT2D eigenvalue weighted by Gasteiger charge is 2.29. The van der Waals surface area contributed by atoms with Crippen LogP contribution in [0.5, 0.6) is 0 Å². The maximum Gasteiger partial charge on any atom is 0.256 e. The van der Waals surface area contributed by atoms with Gasteiger partial charge in [0.15, 0.2) is 11.6 Å². The molecule has 2 rings (SSSR count). The molecule has 1 amide bonds. The van der Waals surface area contributed by atoms with Crippen LogP contribution in [0.1, 0.15) is 23.7 Å². The van der Waals surface area contributed by atoms with Crippen LogP contribution >= 0.6 is 11.6 Å². The van der Waals surface area contributed by atoms with Gasteiger partial charge in [-0.25, -0.2) is 8.78 Å². The summed E-state index contributed by atoms with van der Waals surface area (Å²) in [5.41, 5.74) is -0.213. The molecule has 0 saturated carbocycles. The van der Waals surface area contributed by atoms with E-state index in [2.05, 4.69) is 0 Å². The fourth-order valence-electron chi connectivity index (χ4n) is 2.14. The first-order chi connectivity index (χ1) is 8.50. The maximum absolute atomic E-state index is 13.5. The van der Waals surface area contributed by atoms with Crippen molar-refractivity contribution in [2.24, 2.45) is 5.92 Å². The predicted octanol–water partition coefficient (Wildman–Crippen LogP) is 3.05. The number of carbonyl (C=O) groups is 1. The van der Waals surface area contributed by atoms with Gasteiger partial charge in [0.05, 0.1) is 5.56 Å². The molecule has 1 aliphatic heterocycles. The molecule has 0 spiro atoms. The first-order valence-electron chi connectivity index (χ1n) is 5.88. The third-order valence-corrected chi connectivity index (χ3v) is 3.92. The zero-order chi connectivity index (χ0) is 13.3. The number of nitrogens with zero attached hydrogens (tertiary/aromatic N) is 1. The van der Waals surface area contributed by atoms with Crippen molar-refractivity contribution in [1.82, 2.24) is 4.90 Å². The predicted molar refractivity (Wildman–Crippen MR) is 65.7 cm³/mol. The van der Waals surface area contributed by atoms with Gasteiger partial charge in [-0.3, -0.25) is 4.79 Å². The smallest absolute Gasteiger partial charge is 0.256 e. The average Bonchev–Trinajstić information content (AvgIpc) is 2.35. The van der Waals surface area contributed by atoms with Gasteiger partial charge < -0.3 is 4.90 Å². The van der Waals surface area contributed by atoms with Crippen LogP contribution in [0.4, 0.5) is 8.78 Å². The first-order valence-corrected chi connectivity index (χ1v) is 6.31. The number of piperidine rings is 1. The van der Waals surface area contributed by atoms with E-state index in [1.165, 1.54) is 17.0 Å². The van der Waals surface area contributed by atoms with Crippen molar-refractivity contribution in [3.05, 3.63) is 35.4 Å². The van der Waals surface area contributed by atoms with Crippen molar-refractivity contribution in [3.8, 4) is 0 Å². The summed E-state index contributed by atoms with van der Waals surface area (Å²) in [5, 5.41) is 0.0337. The fourth-order valence-corrected chi connectivity index (χ4v) is 2.32. The van der Waals surface area contributed by atoms with Gasteiger partial charge in [-0.1, -0.05) is 13.0 Å². The van der Waals surface area contributed by atoms with Crippen LogP contribution < -0.4 is 0 Å². The standard InChI is InChI=1S/C13H14ClF2NO/c1-8-7-17(6-5-10(8)14)13(18)9-3-2-4-11(15)12(9)16/h2-4,8,10H,5-7H2,1H3. The second-order valence-electron chi connectivity index (χ2n) is 4.63. The molecule has 0 bridgehead atoms. The fraction of sp³-hybridized carbons (Fsp3) is 0.462. The minimum Gasteiger partial charge on any atom is -0.338 e. The monoisotopic (exact) mass is 273 g/mol. The van der Waals surface area contributed by atoms with E-state index in [0.717, 1.165) is 6.07 Å². The molecule has 0 aliphatic carbocycles. The Bertz CT molecular complexity index is 466. The molecule has 2 nitrogen and oxygen atoms in total. The molecule has 1 aromatic carbocycles.